The molecule has 0 saturated carbocycles. The van der Waals surface area contributed by atoms with Gasteiger partial charge in [-0.15, -0.1) is 0 Å². The Labute approximate surface area is 218 Å². The fraction of sp³-hybridized carbons (Fsp3) is 0.667. The zero-order valence-electron chi connectivity index (χ0n) is 22.8. The molecule has 0 unspecified atom stereocenters. The highest BCUT2D eigenvalue weighted by Gasteiger charge is 2.23. The van der Waals surface area contributed by atoms with Crippen molar-refractivity contribution in [2.24, 2.45) is 21.7 Å². The van der Waals surface area contributed by atoms with Crippen LogP contribution in [0.1, 0.15) is 93.9 Å². The monoisotopic (exact) mass is 504 g/mol. The van der Waals surface area contributed by atoms with Crippen LogP contribution in [0.5, 0.6) is 0 Å². The van der Waals surface area contributed by atoms with Crippen LogP contribution in [-0.4, -0.2) is 23.4 Å². The number of hydrogen-bond acceptors (Lipinski definition) is 4. The fourth-order valence-corrected chi connectivity index (χ4v) is 7.10. The lowest BCUT2D eigenvalue weighted by molar-refractivity contribution is 0.148. The number of rotatable bonds is 12. The summed E-state index contributed by atoms with van der Waals surface area (Å²) >= 11 is 3.80. The molecule has 2 heterocycles. The number of thioether (sulfide) groups is 2. The number of allylic oxidation sites excluding steroid dienone is 8. The molecule has 4 heteroatoms. The smallest absolute Gasteiger partial charge is 0.0482 e. The van der Waals surface area contributed by atoms with Crippen molar-refractivity contribution >= 4 is 23.5 Å². The van der Waals surface area contributed by atoms with E-state index in [4.69, 9.17) is 0 Å². The molecular formula is C30H48O2S2. The molecule has 2 aliphatic rings. The predicted molar refractivity (Wildman–Crippen MR) is 154 cm³/mol. The van der Waals surface area contributed by atoms with Gasteiger partial charge >= 0.3 is 0 Å². The zero-order valence-corrected chi connectivity index (χ0v) is 24.5. The van der Waals surface area contributed by atoms with Crippen molar-refractivity contribution in [1.82, 2.24) is 0 Å². The van der Waals surface area contributed by atoms with E-state index >= 15 is 0 Å². The molecule has 34 heavy (non-hydrogen) atoms. The number of aliphatic hydroxyl groups is 2. The molecule has 2 rings (SSSR count). The lowest BCUT2D eigenvalue weighted by Crippen LogP contribution is -2.16. The minimum Gasteiger partial charge on any atom is -0.396 e. The van der Waals surface area contributed by atoms with Gasteiger partial charge in [0.1, 0.15) is 0 Å². The molecule has 2 nitrogen and oxygen atoms in total. The normalized spacial score (nSPS) is 20.6. The maximum absolute atomic E-state index is 9.54. The van der Waals surface area contributed by atoms with Crippen molar-refractivity contribution in [3.05, 3.63) is 56.1 Å². The first kappa shape index (κ1) is 29.5. The Balaban J connectivity index is 2.00. The second kappa shape index (κ2) is 12.0. The Hall–Kier alpha value is -0.680. The van der Waals surface area contributed by atoms with Crippen molar-refractivity contribution in [2.75, 3.05) is 13.2 Å². The third-order valence-electron chi connectivity index (χ3n) is 6.41. The van der Waals surface area contributed by atoms with Crippen molar-refractivity contribution in [2.45, 2.75) is 93.9 Å². The first-order valence-corrected chi connectivity index (χ1v) is 14.4. The highest BCUT2D eigenvalue weighted by Crippen LogP contribution is 2.44. The Morgan fingerprint density at radius 2 is 1.03 bits per heavy atom. The van der Waals surface area contributed by atoms with E-state index in [1.54, 1.807) is 0 Å². The number of aliphatic hydroxyl groups excluding tert-OH is 2. The lowest BCUT2D eigenvalue weighted by Gasteiger charge is -2.27. The van der Waals surface area contributed by atoms with E-state index in [0.717, 1.165) is 38.5 Å². The molecule has 0 aromatic rings. The predicted octanol–water partition coefficient (Wildman–Crippen LogP) is 9.00. The SMILES string of the molecule is CC1(C)C=C(C=CC2=CC(C)(C)C=C(CCCC(C)(C)CO)S2)SC(CCCC(C)(C)CO)=C1. The maximum atomic E-state index is 9.54. The van der Waals surface area contributed by atoms with Crippen molar-refractivity contribution in [1.29, 1.82) is 0 Å². The van der Waals surface area contributed by atoms with Crippen LogP contribution >= 0.6 is 23.5 Å². The Bertz CT molecular complexity index is 781. The van der Waals surface area contributed by atoms with Crippen LogP contribution in [0.2, 0.25) is 0 Å². The van der Waals surface area contributed by atoms with Crippen molar-refractivity contribution in [3.8, 4) is 0 Å². The Morgan fingerprint density at radius 3 is 1.35 bits per heavy atom. The van der Waals surface area contributed by atoms with Crippen LogP contribution in [0.25, 0.3) is 0 Å². The molecule has 0 aromatic carbocycles. The zero-order chi connectivity index (χ0) is 25.6. The molecule has 0 saturated heterocycles. The van der Waals surface area contributed by atoms with Crippen LogP contribution < -0.4 is 0 Å². The van der Waals surface area contributed by atoms with E-state index in [9.17, 15) is 10.2 Å². The minimum atomic E-state index is 0.00450. The van der Waals surface area contributed by atoms with Gasteiger partial charge in [0.2, 0.25) is 0 Å². The maximum Gasteiger partial charge on any atom is 0.0482 e. The lowest BCUT2D eigenvalue weighted by atomic mass is 9.87. The van der Waals surface area contributed by atoms with E-state index in [2.05, 4.69) is 91.8 Å². The summed E-state index contributed by atoms with van der Waals surface area (Å²) in [5, 5.41) is 19.1. The molecule has 0 atom stereocenters. The van der Waals surface area contributed by atoms with Crippen LogP contribution in [0, 0.1) is 21.7 Å². The summed E-state index contributed by atoms with van der Waals surface area (Å²) in [6.45, 7) is 18.2. The summed E-state index contributed by atoms with van der Waals surface area (Å²) in [4.78, 5) is 5.53. The van der Waals surface area contributed by atoms with Crippen LogP contribution in [0.15, 0.2) is 56.1 Å². The molecule has 0 amide bonds. The van der Waals surface area contributed by atoms with Crippen LogP contribution in [-0.2, 0) is 0 Å². The fourth-order valence-electron chi connectivity index (χ4n) is 4.28. The van der Waals surface area contributed by atoms with E-state index in [0.29, 0.717) is 0 Å². The Morgan fingerprint density at radius 1 is 0.676 bits per heavy atom. The van der Waals surface area contributed by atoms with Crippen molar-refractivity contribution in [3.63, 3.8) is 0 Å². The minimum absolute atomic E-state index is 0.00450. The quantitative estimate of drug-likeness (QED) is 0.278. The summed E-state index contributed by atoms with van der Waals surface area (Å²) in [6.07, 6.45) is 20.6. The number of hydrogen-bond donors (Lipinski definition) is 2. The molecular weight excluding hydrogens is 456 g/mol. The van der Waals surface area contributed by atoms with Gasteiger partial charge in [0.25, 0.3) is 0 Å². The first-order valence-electron chi connectivity index (χ1n) is 12.8. The third-order valence-corrected chi connectivity index (χ3v) is 8.56. The summed E-state index contributed by atoms with van der Waals surface area (Å²) in [5.41, 5.74) is 0.129. The van der Waals surface area contributed by atoms with E-state index < -0.39 is 0 Å². The van der Waals surface area contributed by atoms with Gasteiger partial charge in [0, 0.05) is 33.9 Å². The second-order valence-corrected chi connectivity index (χ2v) is 15.2. The van der Waals surface area contributed by atoms with E-state index in [1.165, 1.54) is 19.6 Å². The molecule has 2 N–H and O–H groups in total. The largest absolute Gasteiger partial charge is 0.396 e. The standard InChI is InChI=1S/C30H48O2S2/c1-27(2,21-31)15-9-11-23-17-29(5,6)19-25(33-23)13-14-26-20-30(7,8)18-24(34-26)12-10-16-28(3,4)22-32/h13-14,17-20,31-32H,9-12,15-16,21-22H2,1-8H3. The molecule has 0 radical (unpaired) electrons. The molecule has 0 aromatic heterocycles. The summed E-state index contributed by atoms with van der Waals surface area (Å²) in [6, 6.07) is 0. The van der Waals surface area contributed by atoms with Gasteiger partial charge in [0.15, 0.2) is 0 Å². The Kier molecular flexibility index (Phi) is 10.5. The van der Waals surface area contributed by atoms with Gasteiger partial charge < -0.3 is 10.2 Å². The van der Waals surface area contributed by atoms with Gasteiger partial charge in [0.05, 0.1) is 0 Å². The highest BCUT2D eigenvalue weighted by atomic mass is 32.2. The highest BCUT2D eigenvalue weighted by molar-refractivity contribution is 8.07. The summed E-state index contributed by atoms with van der Waals surface area (Å²) in [5.74, 6) is 0. The van der Waals surface area contributed by atoms with Gasteiger partial charge in [-0.25, -0.2) is 0 Å². The average Bonchev–Trinajstić information content (AvgIpc) is 2.70. The van der Waals surface area contributed by atoms with Crippen LogP contribution in [0.3, 0.4) is 0 Å². The summed E-state index contributed by atoms with van der Waals surface area (Å²) in [7, 11) is 0. The molecule has 0 fully saturated rings. The molecule has 2 aliphatic heterocycles. The molecule has 0 aliphatic carbocycles. The van der Waals surface area contributed by atoms with Crippen molar-refractivity contribution < 1.29 is 10.2 Å². The molecule has 0 bridgehead atoms. The topological polar surface area (TPSA) is 40.5 Å². The molecule has 0 spiro atoms. The second-order valence-electron chi connectivity index (χ2n) is 12.8. The molecule has 192 valence electrons. The van der Waals surface area contributed by atoms with Gasteiger partial charge in [-0.2, -0.15) is 0 Å². The van der Waals surface area contributed by atoms with Gasteiger partial charge in [-0.3, -0.25) is 0 Å². The average molecular weight is 505 g/mol. The summed E-state index contributed by atoms with van der Waals surface area (Å²) < 4.78 is 0. The van der Waals surface area contributed by atoms with Crippen LogP contribution in [0.4, 0.5) is 0 Å². The first-order chi connectivity index (χ1) is 15.6. The third kappa shape index (κ3) is 10.5. The van der Waals surface area contributed by atoms with Gasteiger partial charge in [-0.05, 0) is 71.3 Å². The van der Waals surface area contributed by atoms with Gasteiger partial charge in [-0.1, -0.05) is 103 Å². The van der Waals surface area contributed by atoms with E-state index in [1.807, 2.05) is 23.5 Å². The van der Waals surface area contributed by atoms with E-state index in [-0.39, 0.29) is 34.9 Å².